The first-order valence-electron chi connectivity index (χ1n) is 5.19. The van der Waals surface area contributed by atoms with Crippen molar-refractivity contribution in [2.45, 2.75) is 19.4 Å². The lowest BCUT2D eigenvalue weighted by Crippen LogP contribution is -2.15. The van der Waals surface area contributed by atoms with E-state index in [1.165, 1.54) is 0 Å². The quantitative estimate of drug-likeness (QED) is 0.824. The van der Waals surface area contributed by atoms with Gasteiger partial charge in [0.2, 0.25) is 0 Å². The van der Waals surface area contributed by atoms with Gasteiger partial charge in [-0.3, -0.25) is 9.67 Å². The normalized spacial score (nSPS) is 12.7. The number of hydrogen-bond donors (Lipinski definition) is 1. The van der Waals surface area contributed by atoms with E-state index >= 15 is 0 Å². The van der Waals surface area contributed by atoms with Crippen LogP contribution in [0.3, 0.4) is 0 Å². The van der Waals surface area contributed by atoms with Crippen LogP contribution >= 0.6 is 0 Å². The molecule has 0 aromatic carbocycles. The predicted molar refractivity (Wildman–Crippen MR) is 60.6 cm³/mol. The van der Waals surface area contributed by atoms with Gasteiger partial charge >= 0.3 is 0 Å². The summed E-state index contributed by atoms with van der Waals surface area (Å²) in [5, 5.41) is 7.88. The van der Waals surface area contributed by atoms with E-state index in [1.54, 1.807) is 4.68 Å². The fourth-order valence-electron chi connectivity index (χ4n) is 1.59. The molecule has 2 aromatic rings. The fraction of sp³-hybridized carbons (Fsp3) is 0.364. The van der Waals surface area contributed by atoms with Crippen LogP contribution in [0, 0.1) is 6.92 Å². The van der Waals surface area contributed by atoms with Crippen molar-refractivity contribution in [1.82, 2.24) is 20.0 Å². The molecular weight excluding hydrogens is 202 g/mol. The van der Waals surface area contributed by atoms with Crippen LogP contribution < -0.4 is 5.73 Å². The van der Waals surface area contributed by atoms with Crippen LogP contribution in [0.1, 0.15) is 23.1 Å². The van der Waals surface area contributed by atoms with Gasteiger partial charge in [-0.25, -0.2) is 0 Å². The van der Waals surface area contributed by atoms with Crippen molar-refractivity contribution >= 4 is 0 Å². The number of hydrogen-bond acceptors (Lipinski definition) is 4. The summed E-state index contributed by atoms with van der Waals surface area (Å²) in [4.78, 5) is 4.40. The highest BCUT2D eigenvalue weighted by Gasteiger charge is 2.10. The topological polar surface area (TPSA) is 69.6 Å². The molecule has 5 nitrogen and oxygen atoms in total. The molecule has 2 N–H and O–H groups in total. The van der Waals surface area contributed by atoms with E-state index < -0.39 is 0 Å². The van der Waals surface area contributed by atoms with Crippen molar-refractivity contribution in [3.8, 4) is 0 Å². The summed E-state index contributed by atoms with van der Waals surface area (Å²) in [6.07, 6.45) is 2.53. The van der Waals surface area contributed by atoms with E-state index in [1.807, 2.05) is 38.4 Å². The molecule has 0 saturated heterocycles. The monoisotopic (exact) mass is 217 g/mol. The predicted octanol–water partition coefficient (Wildman–Crippen LogP) is 0.761. The van der Waals surface area contributed by atoms with Gasteiger partial charge in [0.05, 0.1) is 17.4 Å². The summed E-state index contributed by atoms with van der Waals surface area (Å²) in [6.45, 7) is 1.96. The largest absolute Gasteiger partial charge is 0.322 e. The third kappa shape index (κ3) is 2.43. The van der Waals surface area contributed by atoms with Crippen molar-refractivity contribution in [2.24, 2.45) is 12.8 Å². The molecule has 0 amide bonds. The molecule has 0 aliphatic carbocycles. The molecule has 2 aromatic heterocycles. The first-order chi connectivity index (χ1) is 7.65. The summed E-state index contributed by atoms with van der Waals surface area (Å²) < 4.78 is 1.67. The van der Waals surface area contributed by atoms with Gasteiger partial charge in [0.25, 0.3) is 0 Å². The Bertz CT molecular complexity index is 477. The Kier molecular flexibility index (Phi) is 2.96. The minimum atomic E-state index is -0.128. The van der Waals surface area contributed by atoms with E-state index in [-0.39, 0.29) is 6.04 Å². The van der Waals surface area contributed by atoms with Crippen LogP contribution in [0.15, 0.2) is 24.4 Å². The Hall–Kier alpha value is -1.75. The molecule has 0 saturated carbocycles. The van der Waals surface area contributed by atoms with Crippen molar-refractivity contribution in [3.05, 3.63) is 41.5 Å². The molecule has 0 spiro atoms. The molecule has 1 unspecified atom stereocenters. The standard InChI is InChI=1S/C11H15N5/c1-8-4-3-5-11(13-8)10(12)6-9-7-16(2)15-14-9/h3-5,7,10H,6,12H2,1-2H3. The number of nitrogens with zero attached hydrogens (tertiary/aromatic N) is 4. The summed E-state index contributed by atoms with van der Waals surface area (Å²) in [7, 11) is 1.84. The maximum Gasteiger partial charge on any atom is 0.0846 e. The Morgan fingerprint density at radius 2 is 2.25 bits per heavy atom. The average molecular weight is 217 g/mol. The third-order valence-corrected chi connectivity index (χ3v) is 2.37. The van der Waals surface area contributed by atoms with Gasteiger partial charge in [-0.15, -0.1) is 5.10 Å². The maximum atomic E-state index is 6.07. The summed E-state index contributed by atoms with van der Waals surface area (Å²) in [5.41, 5.74) is 8.83. The molecule has 0 aliphatic rings. The molecule has 0 bridgehead atoms. The second-order valence-electron chi connectivity index (χ2n) is 3.90. The van der Waals surface area contributed by atoms with Gasteiger partial charge in [0.1, 0.15) is 0 Å². The van der Waals surface area contributed by atoms with E-state index in [4.69, 9.17) is 5.73 Å². The second kappa shape index (κ2) is 4.40. The van der Waals surface area contributed by atoms with E-state index in [2.05, 4.69) is 15.3 Å². The summed E-state index contributed by atoms with van der Waals surface area (Å²) in [5.74, 6) is 0. The molecule has 0 radical (unpaired) electrons. The summed E-state index contributed by atoms with van der Waals surface area (Å²) in [6, 6.07) is 5.73. The van der Waals surface area contributed by atoms with Gasteiger partial charge in [-0.2, -0.15) is 0 Å². The lowest BCUT2D eigenvalue weighted by atomic mass is 10.1. The fourth-order valence-corrected chi connectivity index (χ4v) is 1.59. The second-order valence-corrected chi connectivity index (χ2v) is 3.90. The van der Waals surface area contributed by atoms with E-state index in [9.17, 15) is 0 Å². The smallest absolute Gasteiger partial charge is 0.0846 e. The number of nitrogens with two attached hydrogens (primary N) is 1. The van der Waals surface area contributed by atoms with Crippen molar-refractivity contribution in [2.75, 3.05) is 0 Å². The van der Waals surface area contributed by atoms with E-state index in [0.29, 0.717) is 6.42 Å². The zero-order chi connectivity index (χ0) is 11.5. The van der Waals surface area contributed by atoms with Gasteiger partial charge in [-0.1, -0.05) is 11.3 Å². The maximum absolute atomic E-state index is 6.07. The lowest BCUT2D eigenvalue weighted by molar-refractivity contribution is 0.675. The Labute approximate surface area is 94.3 Å². The Balaban J connectivity index is 2.11. The van der Waals surface area contributed by atoms with E-state index in [0.717, 1.165) is 17.1 Å². The minimum Gasteiger partial charge on any atom is -0.322 e. The molecule has 5 heteroatoms. The first-order valence-corrected chi connectivity index (χ1v) is 5.19. The van der Waals surface area contributed by atoms with Crippen molar-refractivity contribution < 1.29 is 0 Å². The molecule has 16 heavy (non-hydrogen) atoms. The minimum absolute atomic E-state index is 0.128. The number of aryl methyl sites for hydroxylation is 2. The van der Waals surface area contributed by atoms with Crippen LogP contribution in [-0.4, -0.2) is 20.0 Å². The molecule has 84 valence electrons. The molecule has 2 heterocycles. The lowest BCUT2D eigenvalue weighted by Gasteiger charge is -2.09. The highest BCUT2D eigenvalue weighted by atomic mass is 15.4. The number of pyridine rings is 1. The van der Waals surface area contributed by atoms with Gasteiger partial charge < -0.3 is 5.73 Å². The number of rotatable bonds is 3. The molecule has 0 fully saturated rings. The van der Waals surface area contributed by atoms with Gasteiger partial charge in [-0.05, 0) is 19.1 Å². The SMILES string of the molecule is Cc1cccc(C(N)Cc2cn(C)nn2)n1. The van der Waals surface area contributed by atoms with Crippen LogP contribution in [0.4, 0.5) is 0 Å². The molecule has 1 atom stereocenters. The molecule has 2 rings (SSSR count). The zero-order valence-electron chi connectivity index (χ0n) is 9.46. The molecule has 0 aliphatic heterocycles. The highest BCUT2D eigenvalue weighted by Crippen LogP contribution is 2.12. The molecular formula is C11H15N5. The Morgan fingerprint density at radius 1 is 1.44 bits per heavy atom. The van der Waals surface area contributed by atoms with Gasteiger partial charge in [0, 0.05) is 25.4 Å². The van der Waals surface area contributed by atoms with Crippen LogP contribution in [0.25, 0.3) is 0 Å². The third-order valence-electron chi connectivity index (χ3n) is 2.37. The zero-order valence-corrected chi connectivity index (χ0v) is 9.46. The summed E-state index contributed by atoms with van der Waals surface area (Å²) >= 11 is 0. The highest BCUT2D eigenvalue weighted by molar-refractivity contribution is 5.14. The number of aromatic nitrogens is 4. The Morgan fingerprint density at radius 3 is 2.88 bits per heavy atom. The first kappa shape index (κ1) is 10.8. The van der Waals surface area contributed by atoms with Crippen molar-refractivity contribution in [3.63, 3.8) is 0 Å². The van der Waals surface area contributed by atoms with Crippen molar-refractivity contribution in [1.29, 1.82) is 0 Å². The van der Waals surface area contributed by atoms with Crippen LogP contribution in [-0.2, 0) is 13.5 Å². The van der Waals surface area contributed by atoms with Gasteiger partial charge in [0.15, 0.2) is 0 Å². The van der Waals surface area contributed by atoms with Crippen LogP contribution in [0.5, 0.6) is 0 Å². The average Bonchev–Trinajstić information content (AvgIpc) is 2.64. The van der Waals surface area contributed by atoms with Crippen LogP contribution in [0.2, 0.25) is 0 Å².